The van der Waals surface area contributed by atoms with Gasteiger partial charge in [-0.3, -0.25) is 0 Å². The second kappa shape index (κ2) is 8.75. The van der Waals surface area contributed by atoms with E-state index in [1.165, 1.54) is 10.6 Å². The van der Waals surface area contributed by atoms with Crippen molar-refractivity contribution >= 4 is 52.1 Å². The van der Waals surface area contributed by atoms with Crippen LogP contribution in [0.5, 0.6) is 0 Å². The van der Waals surface area contributed by atoms with Crippen LogP contribution in [0.4, 0.5) is 17.3 Å². The largest absolute Gasteiger partial charge is 0.462 e. The molecular formula is C22H16Cl2N6O2. The number of ether oxygens (including phenoxy) is 1. The highest BCUT2D eigenvalue weighted by atomic mass is 35.5. The Bertz CT molecular complexity index is 1380. The Kier molecular flexibility index (Phi) is 5.86. The van der Waals surface area contributed by atoms with Crippen LogP contribution in [0.25, 0.3) is 16.9 Å². The van der Waals surface area contributed by atoms with Gasteiger partial charge in [0, 0.05) is 16.3 Å². The van der Waals surface area contributed by atoms with Crippen molar-refractivity contribution in [3.63, 3.8) is 0 Å². The summed E-state index contributed by atoms with van der Waals surface area (Å²) in [5.74, 6) is -0.437. The number of aromatic nitrogens is 3. The molecule has 0 bridgehead atoms. The Morgan fingerprint density at radius 2 is 2.00 bits per heavy atom. The summed E-state index contributed by atoms with van der Waals surface area (Å²) in [7, 11) is 0. The number of nitrogens with zero attached hydrogens (tertiary/aromatic N) is 4. The molecule has 32 heavy (non-hydrogen) atoms. The fourth-order valence-electron chi connectivity index (χ4n) is 3.19. The smallest absolute Gasteiger partial charge is 0.345 e. The van der Waals surface area contributed by atoms with Crippen molar-refractivity contribution in [2.24, 2.45) is 0 Å². The minimum Gasteiger partial charge on any atom is -0.462 e. The van der Waals surface area contributed by atoms with Gasteiger partial charge in [-0.1, -0.05) is 41.4 Å². The molecule has 2 aromatic carbocycles. The summed E-state index contributed by atoms with van der Waals surface area (Å²) in [4.78, 5) is 17.4. The predicted octanol–water partition coefficient (Wildman–Crippen LogP) is 5.08. The lowest BCUT2D eigenvalue weighted by atomic mass is 10.1. The van der Waals surface area contributed by atoms with Crippen molar-refractivity contribution in [1.29, 1.82) is 5.26 Å². The molecule has 2 aromatic heterocycles. The lowest BCUT2D eigenvalue weighted by Gasteiger charge is -2.10. The minimum atomic E-state index is -0.634. The number of para-hydroxylation sites is 1. The van der Waals surface area contributed by atoms with Crippen molar-refractivity contribution in [3.05, 3.63) is 69.7 Å². The minimum absolute atomic E-state index is 0.00479. The Morgan fingerprint density at radius 1 is 1.25 bits per heavy atom. The zero-order valence-corrected chi connectivity index (χ0v) is 18.3. The van der Waals surface area contributed by atoms with E-state index in [-0.39, 0.29) is 45.7 Å². The summed E-state index contributed by atoms with van der Waals surface area (Å²) >= 11 is 12.4. The van der Waals surface area contributed by atoms with Gasteiger partial charge < -0.3 is 15.8 Å². The molecule has 0 amide bonds. The molecule has 4 aromatic rings. The molecule has 0 fully saturated rings. The Balaban J connectivity index is 2.01. The first-order chi connectivity index (χ1) is 15.4. The van der Waals surface area contributed by atoms with Gasteiger partial charge in [-0.15, -0.1) is 5.10 Å². The first-order valence-electron chi connectivity index (χ1n) is 9.51. The average molecular weight is 467 g/mol. The van der Waals surface area contributed by atoms with E-state index in [1.807, 2.05) is 30.3 Å². The zero-order chi connectivity index (χ0) is 22.8. The van der Waals surface area contributed by atoms with Crippen LogP contribution >= 0.6 is 23.2 Å². The number of halogens is 2. The molecule has 160 valence electrons. The van der Waals surface area contributed by atoms with Crippen molar-refractivity contribution < 1.29 is 9.53 Å². The van der Waals surface area contributed by atoms with Crippen LogP contribution in [0.1, 0.15) is 22.8 Å². The Morgan fingerprint density at radius 3 is 2.66 bits per heavy atom. The molecule has 4 rings (SSSR count). The topological polar surface area (TPSA) is 118 Å². The van der Waals surface area contributed by atoms with E-state index in [1.54, 1.807) is 19.1 Å². The van der Waals surface area contributed by atoms with Gasteiger partial charge in [-0.25, -0.2) is 9.78 Å². The van der Waals surface area contributed by atoms with E-state index in [4.69, 9.17) is 33.7 Å². The normalized spacial score (nSPS) is 10.7. The quantitative estimate of drug-likeness (QED) is 0.393. The predicted molar refractivity (Wildman–Crippen MR) is 123 cm³/mol. The number of nitrogens with one attached hydrogen (secondary N) is 1. The maximum atomic E-state index is 12.9. The number of rotatable bonds is 5. The first-order valence-corrected chi connectivity index (χ1v) is 10.3. The van der Waals surface area contributed by atoms with Gasteiger partial charge in [0.2, 0.25) is 0 Å². The van der Waals surface area contributed by atoms with Gasteiger partial charge in [0.15, 0.2) is 11.5 Å². The number of anilines is 3. The molecule has 8 nitrogen and oxygen atoms in total. The maximum absolute atomic E-state index is 12.9. The van der Waals surface area contributed by atoms with Crippen molar-refractivity contribution in [2.75, 3.05) is 17.7 Å². The highest BCUT2D eigenvalue weighted by Gasteiger charge is 2.27. The third-order valence-corrected chi connectivity index (χ3v) is 5.16. The Hall–Kier alpha value is -3.80. The molecule has 0 aliphatic carbocycles. The van der Waals surface area contributed by atoms with Gasteiger partial charge in [-0.2, -0.15) is 9.78 Å². The fraction of sp³-hybridized carbons (Fsp3) is 0.0909. The number of esters is 1. The molecule has 0 spiro atoms. The van der Waals surface area contributed by atoms with Crippen LogP contribution in [-0.4, -0.2) is 27.2 Å². The van der Waals surface area contributed by atoms with Crippen LogP contribution in [0.2, 0.25) is 10.0 Å². The first kappa shape index (κ1) is 21.4. The number of nitrogen functional groups attached to an aromatic ring is 1. The summed E-state index contributed by atoms with van der Waals surface area (Å²) in [6.45, 7) is 1.85. The van der Waals surface area contributed by atoms with Crippen molar-refractivity contribution in [2.45, 2.75) is 6.92 Å². The van der Waals surface area contributed by atoms with Crippen LogP contribution in [0, 0.1) is 11.3 Å². The number of carbonyl (C=O) groups is 1. The molecule has 0 atom stereocenters. The molecule has 2 heterocycles. The SMILES string of the molecule is CCOC(=O)c1c(Nc2ccccc2)nn2c(N)c(C#N)c(-c3ccc(Cl)cc3Cl)nc12. The standard InChI is InChI=1S/C22H16Cl2N6O2/c1-2-32-22(31)17-20(27-13-6-4-3-5-7-13)29-30-19(26)15(11-25)18(28-21(17)30)14-9-8-12(23)10-16(14)24/h3-10H,2,26H2,1H3,(H,27,29). The fourth-order valence-corrected chi connectivity index (χ4v) is 3.69. The van der Waals surface area contributed by atoms with Crippen LogP contribution < -0.4 is 11.1 Å². The summed E-state index contributed by atoms with van der Waals surface area (Å²) in [5.41, 5.74) is 7.89. The molecule has 0 aliphatic heterocycles. The molecule has 10 heteroatoms. The number of nitriles is 1. The zero-order valence-electron chi connectivity index (χ0n) is 16.8. The molecule has 0 saturated carbocycles. The lowest BCUT2D eigenvalue weighted by molar-refractivity contribution is 0.0529. The van der Waals surface area contributed by atoms with Crippen molar-refractivity contribution in [1.82, 2.24) is 14.6 Å². The number of benzene rings is 2. The van der Waals surface area contributed by atoms with Gasteiger partial charge in [0.05, 0.1) is 17.3 Å². The number of hydrogen-bond donors (Lipinski definition) is 2. The highest BCUT2D eigenvalue weighted by Crippen LogP contribution is 2.35. The number of nitrogens with two attached hydrogens (primary N) is 1. The summed E-state index contributed by atoms with van der Waals surface area (Å²) in [5, 5.41) is 18.0. The Labute approximate surface area is 193 Å². The third-order valence-electron chi connectivity index (χ3n) is 4.61. The number of fused-ring (bicyclic) bond motifs is 1. The average Bonchev–Trinajstić information content (AvgIpc) is 3.13. The van der Waals surface area contributed by atoms with Gasteiger partial charge in [-0.05, 0) is 37.3 Å². The highest BCUT2D eigenvalue weighted by molar-refractivity contribution is 6.36. The number of hydrogen-bond acceptors (Lipinski definition) is 7. The summed E-state index contributed by atoms with van der Waals surface area (Å²) in [6, 6.07) is 16.0. The van der Waals surface area contributed by atoms with Crippen LogP contribution in [-0.2, 0) is 4.74 Å². The van der Waals surface area contributed by atoms with Gasteiger partial charge >= 0.3 is 5.97 Å². The third kappa shape index (κ3) is 3.80. The van der Waals surface area contributed by atoms with E-state index in [9.17, 15) is 10.1 Å². The van der Waals surface area contributed by atoms with E-state index in [0.717, 1.165) is 0 Å². The summed E-state index contributed by atoms with van der Waals surface area (Å²) in [6.07, 6.45) is 0. The van der Waals surface area contributed by atoms with Gasteiger partial charge in [0.25, 0.3) is 0 Å². The maximum Gasteiger partial charge on any atom is 0.345 e. The molecule has 0 aliphatic rings. The van der Waals surface area contributed by atoms with E-state index < -0.39 is 5.97 Å². The number of carbonyl (C=O) groups excluding carboxylic acids is 1. The van der Waals surface area contributed by atoms with E-state index in [2.05, 4.69) is 21.5 Å². The summed E-state index contributed by atoms with van der Waals surface area (Å²) < 4.78 is 6.47. The second-order valence-corrected chi connectivity index (χ2v) is 7.47. The van der Waals surface area contributed by atoms with Crippen LogP contribution in [0.3, 0.4) is 0 Å². The lowest BCUT2D eigenvalue weighted by Crippen LogP contribution is -2.09. The molecule has 0 unspecified atom stereocenters. The van der Waals surface area contributed by atoms with E-state index >= 15 is 0 Å². The van der Waals surface area contributed by atoms with Gasteiger partial charge in [0.1, 0.15) is 23.0 Å². The molecule has 3 N–H and O–H groups in total. The molecule has 0 saturated heterocycles. The van der Waals surface area contributed by atoms with Crippen molar-refractivity contribution in [3.8, 4) is 17.3 Å². The van der Waals surface area contributed by atoms with Crippen LogP contribution in [0.15, 0.2) is 48.5 Å². The monoisotopic (exact) mass is 466 g/mol. The second-order valence-electron chi connectivity index (χ2n) is 6.63. The van der Waals surface area contributed by atoms with E-state index in [0.29, 0.717) is 16.3 Å². The molecule has 0 radical (unpaired) electrons. The molecular weight excluding hydrogens is 451 g/mol.